The molecule has 0 aliphatic carbocycles. The van der Waals surface area contributed by atoms with Crippen LogP contribution in [0, 0.1) is 12.8 Å². The normalized spacial score (nSPS) is 11.5. The lowest BCUT2D eigenvalue weighted by atomic mass is 10.1. The van der Waals surface area contributed by atoms with E-state index in [2.05, 4.69) is 10.3 Å². The van der Waals surface area contributed by atoms with Crippen molar-refractivity contribution in [2.45, 2.75) is 47.2 Å². The molecule has 4 heteroatoms. The summed E-state index contributed by atoms with van der Waals surface area (Å²) in [6, 6.07) is 1.55. The van der Waals surface area contributed by atoms with Crippen molar-refractivity contribution in [1.82, 2.24) is 10.3 Å². The van der Waals surface area contributed by atoms with Gasteiger partial charge in [0.25, 0.3) is 0 Å². The molecule has 3 N–H and O–H groups in total. The minimum Gasteiger partial charge on any atom is -0.351 e. The van der Waals surface area contributed by atoms with Gasteiger partial charge in [-0.25, -0.2) is 0 Å². The zero-order valence-corrected chi connectivity index (χ0v) is 12.0. The number of carbonyl (C=O) groups excluding carboxylic acids is 1. The minimum atomic E-state index is -0.447. The number of hydrogen-bond donors (Lipinski definition) is 2. The van der Waals surface area contributed by atoms with E-state index < -0.39 is 6.04 Å². The Kier molecular flexibility index (Phi) is 7.96. The first-order valence-corrected chi connectivity index (χ1v) is 6.44. The Morgan fingerprint density at radius 1 is 1.39 bits per heavy atom. The maximum absolute atomic E-state index is 11.6. The summed E-state index contributed by atoms with van der Waals surface area (Å²) in [4.78, 5) is 15.6. The number of amides is 1. The van der Waals surface area contributed by atoms with Crippen molar-refractivity contribution in [3.05, 3.63) is 29.6 Å². The Labute approximate surface area is 110 Å². The molecule has 1 amide bonds. The molecule has 0 spiro atoms. The van der Waals surface area contributed by atoms with Crippen molar-refractivity contribution in [1.29, 1.82) is 0 Å². The lowest BCUT2D eigenvalue weighted by Gasteiger charge is -2.15. The van der Waals surface area contributed by atoms with Crippen LogP contribution in [0.3, 0.4) is 0 Å². The van der Waals surface area contributed by atoms with Gasteiger partial charge in [0.05, 0.1) is 6.04 Å². The number of nitrogens with two attached hydrogens (primary N) is 1. The fourth-order valence-electron chi connectivity index (χ4n) is 1.32. The summed E-state index contributed by atoms with van der Waals surface area (Å²) >= 11 is 0. The van der Waals surface area contributed by atoms with Crippen molar-refractivity contribution in [2.75, 3.05) is 0 Å². The van der Waals surface area contributed by atoms with Gasteiger partial charge in [-0.1, -0.05) is 33.8 Å². The Bertz CT molecular complexity index is 364. The van der Waals surface area contributed by atoms with Gasteiger partial charge in [-0.3, -0.25) is 9.78 Å². The summed E-state index contributed by atoms with van der Waals surface area (Å²) in [6.07, 6.45) is 3.53. The van der Waals surface area contributed by atoms with Gasteiger partial charge in [-0.05, 0) is 24.0 Å². The number of nitrogens with zero attached hydrogens (tertiary/aromatic N) is 1. The van der Waals surface area contributed by atoms with E-state index in [1.54, 1.807) is 12.4 Å². The fourth-order valence-corrected chi connectivity index (χ4v) is 1.32. The maximum Gasteiger partial charge on any atom is 0.237 e. The highest BCUT2D eigenvalue weighted by Gasteiger charge is 2.16. The van der Waals surface area contributed by atoms with E-state index in [1.807, 2.05) is 40.7 Å². The van der Waals surface area contributed by atoms with Crippen LogP contribution >= 0.6 is 0 Å². The smallest absolute Gasteiger partial charge is 0.237 e. The predicted octanol–water partition coefficient (Wildman–Crippen LogP) is 2.02. The molecule has 18 heavy (non-hydrogen) atoms. The van der Waals surface area contributed by atoms with E-state index in [1.165, 1.54) is 0 Å². The lowest BCUT2D eigenvalue weighted by molar-refractivity contribution is -0.123. The van der Waals surface area contributed by atoms with E-state index in [0.29, 0.717) is 6.54 Å². The highest BCUT2D eigenvalue weighted by Crippen LogP contribution is 2.02. The second-order valence-electron chi connectivity index (χ2n) is 4.36. The third-order valence-corrected chi connectivity index (χ3v) is 2.42. The molecule has 0 fully saturated rings. The molecular formula is C14H25N3O. The number of rotatable bonds is 4. The summed E-state index contributed by atoms with van der Waals surface area (Å²) in [7, 11) is 0. The molecule has 4 nitrogen and oxygen atoms in total. The van der Waals surface area contributed by atoms with Crippen LogP contribution in [0.15, 0.2) is 18.5 Å². The van der Waals surface area contributed by atoms with Gasteiger partial charge in [0.15, 0.2) is 0 Å². The molecule has 0 aromatic carbocycles. The topological polar surface area (TPSA) is 68.0 Å². The maximum atomic E-state index is 11.6. The molecule has 1 heterocycles. The van der Waals surface area contributed by atoms with Gasteiger partial charge in [-0.2, -0.15) is 0 Å². The molecule has 0 aliphatic heterocycles. The average Bonchev–Trinajstić information content (AvgIpc) is 2.37. The number of hydrogen-bond acceptors (Lipinski definition) is 3. The second-order valence-corrected chi connectivity index (χ2v) is 4.36. The third kappa shape index (κ3) is 5.77. The van der Waals surface area contributed by atoms with Crippen LogP contribution in [0.1, 0.15) is 38.8 Å². The molecule has 0 aliphatic rings. The predicted molar refractivity (Wildman–Crippen MR) is 75.0 cm³/mol. The molecule has 1 rings (SSSR count). The zero-order chi connectivity index (χ0) is 14.1. The Balaban J connectivity index is 0.00000137. The molecule has 1 aromatic heterocycles. The van der Waals surface area contributed by atoms with Crippen LogP contribution in [0.4, 0.5) is 0 Å². The molecule has 1 aromatic rings. The van der Waals surface area contributed by atoms with E-state index in [0.717, 1.165) is 11.1 Å². The van der Waals surface area contributed by atoms with Crippen LogP contribution in [-0.2, 0) is 11.3 Å². The van der Waals surface area contributed by atoms with Crippen LogP contribution in [-0.4, -0.2) is 16.9 Å². The van der Waals surface area contributed by atoms with Crippen LogP contribution < -0.4 is 11.1 Å². The van der Waals surface area contributed by atoms with E-state index in [-0.39, 0.29) is 11.8 Å². The molecular weight excluding hydrogens is 226 g/mol. The Hall–Kier alpha value is -1.42. The fraction of sp³-hybridized carbons (Fsp3) is 0.571. The van der Waals surface area contributed by atoms with E-state index >= 15 is 0 Å². The standard InChI is InChI=1S/C12H19N3O.C2H6/c1-8(2)11(13)12(16)15-7-10-4-9(3)5-14-6-10;1-2/h4-6,8,11H,7,13H2,1-3H3,(H,15,16);1-2H3. The van der Waals surface area contributed by atoms with Crippen LogP contribution in [0.25, 0.3) is 0 Å². The van der Waals surface area contributed by atoms with Crippen LogP contribution in [0.5, 0.6) is 0 Å². The first-order chi connectivity index (χ1) is 8.50. The van der Waals surface area contributed by atoms with Gasteiger partial charge in [0.1, 0.15) is 0 Å². The van der Waals surface area contributed by atoms with Crippen molar-refractivity contribution >= 4 is 5.91 Å². The summed E-state index contributed by atoms with van der Waals surface area (Å²) in [5.41, 5.74) is 7.80. The van der Waals surface area contributed by atoms with Gasteiger partial charge in [-0.15, -0.1) is 0 Å². The highest BCUT2D eigenvalue weighted by molar-refractivity contribution is 5.81. The number of aryl methyl sites for hydroxylation is 1. The molecule has 1 unspecified atom stereocenters. The van der Waals surface area contributed by atoms with Gasteiger partial charge < -0.3 is 11.1 Å². The molecule has 0 radical (unpaired) electrons. The number of nitrogens with one attached hydrogen (secondary N) is 1. The van der Waals surface area contributed by atoms with Crippen molar-refractivity contribution in [3.8, 4) is 0 Å². The van der Waals surface area contributed by atoms with Gasteiger partial charge >= 0.3 is 0 Å². The quantitative estimate of drug-likeness (QED) is 0.860. The number of pyridine rings is 1. The molecule has 0 saturated heterocycles. The summed E-state index contributed by atoms with van der Waals surface area (Å²) in [6.45, 7) is 10.3. The summed E-state index contributed by atoms with van der Waals surface area (Å²) in [5, 5.41) is 2.80. The second kappa shape index (κ2) is 8.64. The SMILES string of the molecule is CC.Cc1cncc(CNC(=O)C(N)C(C)C)c1. The highest BCUT2D eigenvalue weighted by atomic mass is 16.2. The Morgan fingerprint density at radius 3 is 2.50 bits per heavy atom. The first kappa shape index (κ1) is 16.6. The minimum absolute atomic E-state index is 0.114. The van der Waals surface area contributed by atoms with Gasteiger partial charge in [0.2, 0.25) is 5.91 Å². The summed E-state index contributed by atoms with van der Waals surface area (Å²) in [5.74, 6) is 0.0344. The lowest BCUT2D eigenvalue weighted by Crippen LogP contribution is -2.43. The number of aromatic nitrogens is 1. The monoisotopic (exact) mass is 251 g/mol. The largest absolute Gasteiger partial charge is 0.351 e. The van der Waals surface area contributed by atoms with Crippen molar-refractivity contribution in [3.63, 3.8) is 0 Å². The van der Waals surface area contributed by atoms with Crippen molar-refractivity contribution < 1.29 is 4.79 Å². The molecule has 102 valence electrons. The Morgan fingerprint density at radius 2 is 2.00 bits per heavy atom. The van der Waals surface area contributed by atoms with Crippen molar-refractivity contribution in [2.24, 2.45) is 11.7 Å². The van der Waals surface area contributed by atoms with E-state index in [9.17, 15) is 4.79 Å². The van der Waals surface area contributed by atoms with Gasteiger partial charge in [0, 0.05) is 18.9 Å². The van der Waals surface area contributed by atoms with E-state index in [4.69, 9.17) is 5.73 Å². The average molecular weight is 251 g/mol. The third-order valence-electron chi connectivity index (χ3n) is 2.42. The molecule has 1 atom stereocenters. The first-order valence-electron chi connectivity index (χ1n) is 6.44. The molecule has 0 saturated carbocycles. The molecule has 0 bridgehead atoms. The van der Waals surface area contributed by atoms with Crippen LogP contribution in [0.2, 0.25) is 0 Å². The summed E-state index contributed by atoms with van der Waals surface area (Å²) < 4.78 is 0. The zero-order valence-electron chi connectivity index (χ0n) is 12.0. The number of carbonyl (C=O) groups is 1.